The van der Waals surface area contributed by atoms with Crippen LogP contribution in [0.4, 0.5) is 0 Å². The van der Waals surface area contributed by atoms with Gasteiger partial charge in [0.1, 0.15) is 0 Å². The van der Waals surface area contributed by atoms with Crippen LogP contribution in [0, 0.1) is 0 Å². The van der Waals surface area contributed by atoms with Gasteiger partial charge < -0.3 is 4.81 Å². The first-order valence-electron chi connectivity index (χ1n) is 2.31. The second-order valence-corrected chi connectivity index (χ2v) is 1.81. The van der Waals surface area contributed by atoms with Crippen molar-refractivity contribution in [3.05, 3.63) is 0 Å². The summed E-state index contributed by atoms with van der Waals surface area (Å²) in [6.45, 7) is 2.25. The number of hydrazine groups is 1. The molecule has 0 amide bonds. The molecule has 0 aromatic rings. The van der Waals surface area contributed by atoms with Crippen LogP contribution in [-0.2, 0) is 0 Å². The fourth-order valence-electron chi connectivity index (χ4n) is 0.149. The van der Waals surface area contributed by atoms with Gasteiger partial charge in [-0.2, -0.15) is 0 Å². The molecule has 0 saturated heterocycles. The van der Waals surface area contributed by atoms with Crippen LogP contribution < -0.4 is 11.2 Å². The van der Waals surface area contributed by atoms with E-state index in [2.05, 4.69) is 5.34 Å². The van der Waals surface area contributed by atoms with Gasteiger partial charge in [0.15, 0.2) is 0 Å². The summed E-state index contributed by atoms with van der Waals surface area (Å²) in [5.41, 5.74) is 0. The molecule has 0 rings (SSSR count). The van der Waals surface area contributed by atoms with Crippen LogP contribution >= 0.6 is 0 Å². The number of nitrogens with one attached hydrogen (secondary N) is 1. The monoisotopic (exact) mass is 101 g/mol. The van der Waals surface area contributed by atoms with Crippen LogP contribution in [0.5, 0.6) is 0 Å². The maximum absolute atomic E-state index is 5.08. The van der Waals surface area contributed by atoms with Crippen LogP contribution in [0.2, 0.25) is 6.82 Å². The SMILES string of the molecule is CB(NN)N(C)C. The summed E-state index contributed by atoms with van der Waals surface area (Å²) < 4.78 is 0. The molecule has 7 heavy (non-hydrogen) atoms. The summed E-state index contributed by atoms with van der Waals surface area (Å²) >= 11 is 0. The van der Waals surface area contributed by atoms with E-state index >= 15 is 0 Å². The first-order chi connectivity index (χ1) is 3.18. The van der Waals surface area contributed by atoms with Gasteiger partial charge in [0.2, 0.25) is 0 Å². The first-order valence-corrected chi connectivity index (χ1v) is 2.31. The van der Waals surface area contributed by atoms with E-state index in [1.54, 1.807) is 0 Å². The topological polar surface area (TPSA) is 41.3 Å². The van der Waals surface area contributed by atoms with Crippen LogP contribution in [0.3, 0.4) is 0 Å². The van der Waals surface area contributed by atoms with Crippen LogP contribution in [-0.4, -0.2) is 25.9 Å². The third kappa shape index (κ3) is 2.62. The third-order valence-corrected chi connectivity index (χ3v) is 1.02. The summed E-state index contributed by atoms with van der Waals surface area (Å²) in [5.74, 6) is 5.08. The molecule has 3 N–H and O–H groups in total. The largest absolute Gasteiger partial charge is 0.333 e. The summed E-state index contributed by atoms with van der Waals surface area (Å²) in [5, 5.41) is 2.59. The quantitative estimate of drug-likeness (QED) is 0.270. The lowest BCUT2D eigenvalue weighted by Crippen LogP contribution is -2.47. The van der Waals surface area contributed by atoms with Gasteiger partial charge in [0, 0.05) is 0 Å². The van der Waals surface area contributed by atoms with Crippen LogP contribution in [0.1, 0.15) is 0 Å². The van der Waals surface area contributed by atoms with E-state index in [-0.39, 0.29) is 6.98 Å². The van der Waals surface area contributed by atoms with Gasteiger partial charge in [-0.25, -0.2) is 0 Å². The molecule has 4 heteroatoms. The standard InChI is InChI=1S/C3H12BN3/c1-4(6-5)7(2)3/h6H,5H2,1-3H3. The van der Waals surface area contributed by atoms with Crippen LogP contribution in [0.25, 0.3) is 0 Å². The van der Waals surface area contributed by atoms with Crippen molar-refractivity contribution in [3.63, 3.8) is 0 Å². The fraction of sp³-hybridized carbons (Fsp3) is 1.00. The van der Waals surface area contributed by atoms with Crippen molar-refractivity contribution < 1.29 is 0 Å². The Morgan fingerprint density at radius 3 is 2.00 bits per heavy atom. The Labute approximate surface area is 45.0 Å². The molecular weight excluding hydrogens is 88.9 g/mol. The Balaban J connectivity index is 3.14. The van der Waals surface area contributed by atoms with Crippen LogP contribution in [0.15, 0.2) is 0 Å². The molecule has 0 unspecified atom stereocenters. The number of hydrogen-bond acceptors (Lipinski definition) is 3. The van der Waals surface area contributed by atoms with E-state index < -0.39 is 0 Å². The maximum Gasteiger partial charge on any atom is 0.318 e. The molecule has 0 aromatic carbocycles. The predicted octanol–water partition coefficient (Wildman–Crippen LogP) is -0.871. The van der Waals surface area contributed by atoms with Crippen molar-refractivity contribution in [2.45, 2.75) is 6.82 Å². The number of nitrogens with zero attached hydrogens (tertiary/aromatic N) is 1. The van der Waals surface area contributed by atoms with E-state index in [1.807, 2.05) is 25.7 Å². The highest BCUT2D eigenvalue weighted by atomic mass is 15.2. The molecule has 0 saturated carbocycles. The Bertz CT molecular complexity index is 47.4. The zero-order chi connectivity index (χ0) is 5.86. The minimum atomic E-state index is 0.264. The van der Waals surface area contributed by atoms with E-state index in [0.717, 1.165) is 0 Å². The van der Waals surface area contributed by atoms with Crippen molar-refractivity contribution >= 4 is 6.98 Å². The van der Waals surface area contributed by atoms with E-state index in [9.17, 15) is 0 Å². The Morgan fingerprint density at radius 2 is 2.00 bits per heavy atom. The lowest BCUT2D eigenvalue weighted by atomic mass is 9.80. The van der Waals surface area contributed by atoms with Crippen molar-refractivity contribution in [3.8, 4) is 0 Å². The molecule has 0 aromatic heterocycles. The van der Waals surface area contributed by atoms with Gasteiger partial charge in [0.25, 0.3) is 0 Å². The molecule has 0 spiro atoms. The molecule has 0 atom stereocenters. The fourth-order valence-corrected chi connectivity index (χ4v) is 0.149. The Morgan fingerprint density at radius 1 is 1.57 bits per heavy atom. The Kier molecular flexibility index (Phi) is 2.99. The van der Waals surface area contributed by atoms with E-state index in [1.165, 1.54) is 0 Å². The highest BCUT2D eigenvalue weighted by Gasteiger charge is 2.04. The zero-order valence-electron chi connectivity index (χ0n) is 5.10. The summed E-state index contributed by atoms with van der Waals surface area (Å²) in [6.07, 6.45) is 0. The molecule has 0 aliphatic rings. The van der Waals surface area contributed by atoms with Gasteiger partial charge in [-0.15, -0.1) is 0 Å². The van der Waals surface area contributed by atoms with E-state index in [0.29, 0.717) is 0 Å². The molecule has 0 bridgehead atoms. The number of rotatable bonds is 2. The molecule has 0 aliphatic carbocycles. The highest BCUT2D eigenvalue weighted by Crippen LogP contribution is 1.74. The predicted molar refractivity (Wildman–Crippen MR) is 32.6 cm³/mol. The van der Waals surface area contributed by atoms with Gasteiger partial charge in [0.05, 0.1) is 0 Å². The van der Waals surface area contributed by atoms with Gasteiger partial charge in [-0.3, -0.25) is 11.2 Å². The Hall–Kier alpha value is -0.0551. The smallest absolute Gasteiger partial charge is 0.318 e. The molecule has 0 heterocycles. The summed E-state index contributed by atoms with van der Waals surface area (Å²) in [6, 6.07) is 0. The minimum Gasteiger partial charge on any atom is -0.333 e. The average molecular weight is 101 g/mol. The molecular formula is C3H12BN3. The highest BCUT2D eigenvalue weighted by molar-refractivity contribution is 6.50. The number of hydrogen-bond donors (Lipinski definition) is 2. The normalized spacial score (nSPS) is 9.86. The van der Waals surface area contributed by atoms with Gasteiger partial charge >= 0.3 is 6.98 Å². The van der Waals surface area contributed by atoms with Crippen molar-refractivity contribution in [2.24, 2.45) is 5.84 Å². The molecule has 0 fully saturated rings. The summed E-state index contributed by atoms with van der Waals surface area (Å²) in [4.78, 5) is 1.99. The van der Waals surface area contributed by atoms with Crippen molar-refractivity contribution in [1.29, 1.82) is 0 Å². The molecule has 0 radical (unpaired) electrons. The lowest BCUT2D eigenvalue weighted by molar-refractivity contribution is 0.622. The van der Waals surface area contributed by atoms with E-state index in [4.69, 9.17) is 5.84 Å². The lowest BCUT2D eigenvalue weighted by Gasteiger charge is -2.12. The second kappa shape index (κ2) is 3.01. The number of nitrogens with two attached hydrogens (primary N) is 1. The van der Waals surface area contributed by atoms with Gasteiger partial charge in [-0.05, 0) is 14.1 Å². The first kappa shape index (κ1) is 6.94. The maximum atomic E-state index is 5.08. The third-order valence-electron chi connectivity index (χ3n) is 1.02. The minimum absolute atomic E-state index is 0.264. The second-order valence-electron chi connectivity index (χ2n) is 1.81. The molecule has 0 aliphatic heterocycles. The molecule has 3 nitrogen and oxygen atoms in total. The zero-order valence-corrected chi connectivity index (χ0v) is 5.10. The molecule has 42 valence electrons. The summed E-state index contributed by atoms with van der Waals surface area (Å²) in [7, 11) is 3.93. The average Bonchev–Trinajstić information content (AvgIpc) is 1.65. The van der Waals surface area contributed by atoms with Gasteiger partial charge in [-0.1, -0.05) is 6.82 Å². The van der Waals surface area contributed by atoms with Crippen molar-refractivity contribution in [1.82, 2.24) is 10.1 Å². The van der Waals surface area contributed by atoms with Crippen molar-refractivity contribution in [2.75, 3.05) is 14.1 Å².